The van der Waals surface area contributed by atoms with Gasteiger partial charge in [-0.05, 0) is 50.6 Å². The van der Waals surface area contributed by atoms with Crippen LogP contribution in [0.1, 0.15) is 46.0 Å². The number of hydrogen-bond donors (Lipinski definition) is 1. The first-order chi connectivity index (χ1) is 13.1. The summed E-state index contributed by atoms with van der Waals surface area (Å²) in [6.45, 7) is 4.91. The van der Waals surface area contributed by atoms with E-state index in [2.05, 4.69) is 5.32 Å². The van der Waals surface area contributed by atoms with Crippen molar-refractivity contribution in [2.24, 2.45) is 0 Å². The van der Waals surface area contributed by atoms with Crippen LogP contribution in [0.4, 0.5) is 0 Å². The van der Waals surface area contributed by atoms with Crippen molar-refractivity contribution in [3.05, 3.63) is 63.2 Å². The third-order valence-electron chi connectivity index (χ3n) is 5.36. The van der Waals surface area contributed by atoms with Gasteiger partial charge in [0, 0.05) is 18.0 Å². The smallest absolute Gasteiger partial charge is 0.349 e. The van der Waals surface area contributed by atoms with Gasteiger partial charge < -0.3 is 19.4 Å². The van der Waals surface area contributed by atoms with E-state index in [0.29, 0.717) is 31.0 Å². The van der Waals surface area contributed by atoms with Gasteiger partial charge in [0.25, 0.3) is 5.91 Å². The van der Waals surface area contributed by atoms with Crippen LogP contribution in [0.25, 0.3) is 0 Å². The highest BCUT2D eigenvalue weighted by Crippen LogP contribution is 2.27. The Morgan fingerprint density at radius 1 is 1.22 bits per heavy atom. The Kier molecular flexibility index (Phi) is 4.99. The fraction of sp³-hybridized carbons (Fsp3) is 0.429. The van der Waals surface area contributed by atoms with Crippen LogP contribution in [-0.2, 0) is 6.54 Å². The molecule has 0 unspecified atom stereocenters. The first-order valence-corrected chi connectivity index (χ1v) is 9.49. The van der Waals surface area contributed by atoms with E-state index in [0.717, 1.165) is 37.2 Å². The highest BCUT2D eigenvalue weighted by molar-refractivity contribution is 5.95. The third kappa shape index (κ3) is 3.62. The molecule has 1 amide bonds. The number of carbonyl (C=O) groups is 1. The van der Waals surface area contributed by atoms with Crippen LogP contribution in [-0.4, -0.2) is 37.0 Å². The molecule has 3 heterocycles. The van der Waals surface area contributed by atoms with Gasteiger partial charge in [0.1, 0.15) is 23.7 Å². The number of fused-ring (bicyclic) bond motifs is 1. The van der Waals surface area contributed by atoms with Gasteiger partial charge >= 0.3 is 5.63 Å². The lowest BCUT2D eigenvalue weighted by Crippen LogP contribution is -2.36. The summed E-state index contributed by atoms with van der Waals surface area (Å²) in [5.41, 5.74) is 1.22. The monoisotopic (exact) mass is 368 g/mol. The van der Waals surface area contributed by atoms with Gasteiger partial charge in [-0.1, -0.05) is 18.2 Å². The lowest BCUT2D eigenvalue weighted by Gasteiger charge is -2.23. The molecule has 6 heteroatoms. The molecule has 1 fully saturated rings. The second-order valence-corrected chi connectivity index (χ2v) is 7.20. The minimum absolute atomic E-state index is 0.132. The quantitative estimate of drug-likeness (QED) is 0.882. The molecule has 142 valence electrons. The summed E-state index contributed by atoms with van der Waals surface area (Å²) in [6, 6.07) is 9.54. The van der Waals surface area contributed by atoms with E-state index in [-0.39, 0.29) is 17.4 Å². The van der Waals surface area contributed by atoms with Crippen LogP contribution in [0.5, 0.6) is 5.75 Å². The van der Waals surface area contributed by atoms with Gasteiger partial charge in [-0.25, -0.2) is 4.79 Å². The number of rotatable bonds is 2. The molecule has 0 saturated carbocycles. The van der Waals surface area contributed by atoms with Crippen molar-refractivity contribution in [1.82, 2.24) is 10.2 Å². The fourth-order valence-corrected chi connectivity index (χ4v) is 3.85. The predicted octanol–water partition coefficient (Wildman–Crippen LogP) is 2.45. The normalized spacial score (nSPS) is 17.7. The number of nitrogens with one attached hydrogen (secondary N) is 1. The second-order valence-electron chi connectivity index (χ2n) is 7.20. The molecular weight excluding hydrogens is 344 g/mol. The van der Waals surface area contributed by atoms with Gasteiger partial charge in [0.15, 0.2) is 0 Å². The lowest BCUT2D eigenvalue weighted by atomic mass is 9.94. The maximum atomic E-state index is 13.1. The molecule has 6 nitrogen and oxygen atoms in total. The summed E-state index contributed by atoms with van der Waals surface area (Å²) in [7, 11) is 0. The van der Waals surface area contributed by atoms with Crippen molar-refractivity contribution < 1.29 is 13.9 Å². The van der Waals surface area contributed by atoms with Crippen LogP contribution >= 0.6 is 0 Å². The molecule has 1 saturated heterocycles. The lowest BCUT2D eigenvalue weighted by molar-refractivity contribution is 0.0727. The number of ether oxygens (including phenoxy) is 1. The summed E-state index contributed by atoms with van der Waals surface area (Å²) in [5, 5.41) is 3.31. The summed E-state index contributed by atoms with van der Waals surface area (Å²) in [5.74, 6) is 1.43. The Morgan fingerprint density at radius 2 is 2.00 bits per heavy atom. The van der Waals surface area contributed by atoms with E-state index in [1.807, 2.05) is 37.3 Å². The molecule has 27 heavy (non-hydrogen) atoms. The van der Waals surface area contributed by atoms with Crippen molar-refractivity contribution in [2.45, 2.75) is 32.2 Å². The molecule has 4 rings (SSSR count). The molecule has 0 aliphatic carbocycles. The number of carbonyl (C=O) groups excluding carboxylic acids is 1. The molecule has 1 N–H and O–H groups in total. The number of nitrogens with zero attached hydrogens (tertiary/aromatic N) is 1. The van der Waals surface area contributed by atoms with Crippen LogP contribution in [0.2, 0.25) is 0 Å². The zero-order valence-electron chi connectivity index (χ0n) is 15.5. The van der Waals surface area contributed by atoms with Crippen LogP contribution in [0, 0.1) is 6.92 Å². The molecule has 2 aliphatic heterocycles. The average molecular weight is 368 g/mol. The number of hydrogen-bond acceptors (Lipinski definition) is 5. The van der Waals surface area contributed by atoms with Crippen LogP contribution in [0.3, 0.4) is 0 Å². The van der Waals surface area contributed by atoms with Crippen LogP contribution < -0.4 is 15.7 Å². The Hall–Kier alpha value is -2.60. The Labute approximate surface area is 158 Å². The third-order valence-corrected chi connectivity index (χ3v) is 5.36. The molecule has 0 bridgehead atoms. The number of benzene rings is 1. The fourth-order valence-electron chi connectivity index (χ4n) is 3.85. The predicted molar refractivity (Wildman–Crippen MR) is 101 cm³/mol. The van der Waals surface area contributed by atoms with E-state index < -0.39 is 5.63 Å². The highest BCUT2D eigenvalue weighted by atomic mass is 16.5. The average Bonchev–Trinajstić information content (AvgIpc) is 2.90. The maximum absolute atomic E-state index is 13.1. The van der Waals surface area contributed by atoms with E-state index in [9.17, 15) is 9.59 Å². The van der Waals surface area contributed by atoms with Crippen molar-refractivity contribution in [3.63, 3.8) is 0 Å². The SMILES string of the molecule is Cc1cc(C2CCNCC2)oc(=O)c1C(=O)N1CCOc2ccccc2C1. The molecule has 1 aromatic heterocycles. The van der Waals surface area contributed by atoms with Gasteiger partial charge in [0.2, 0.25) is 0 Å². The number of piperidine rings is 1. The maximum Gasteiger partial charge on any atom is 0.349 e. The first kappa shape index (κ1) is 17.8. The van der Waals surface area contributed by atoms with E-state index in [1.54, 1.807) is 4.90 Å². The summed E-state index contributed by atoms with van der Waals surface area (Å²) in [6.07, 6.45) is 1.88. The van der Waals surface area contributed by atoms with Crippen molar-refractivity contribution >= 4 is 5.91 Å². The zero-order chi connectivity index (χ0) is 18.8. The van der Waals surface area contributed by atoms with Crippen molar-refractivity contribution in [2.75, 3.05) is 26.2 Å². The standard InChI is InChI=1S/C21H24N2O4/c1-14-12-18(15-6-8-22-9-7-15)27-21(25)19(14)20(24)23-10-11-26-17-5-3-2-4-16(17)13-23/h2-5,12,15,22H,6-11,13H2,1H3. The van der Waals surface area contributed by atoms with Gasteiger partial charge in [-0.2, -0.15) is 0 Å². The highest BCUT2D eigenvalue weighted by Gasteiger charge is 2.27. The Balaban J connectivity index is 1.61. The molecule has 0 spiro atoms. The van der Waals surface area contributed by atoms with Gasteiger partial charge in [-0.3, -0.25) is 4.79 Å². The minimum atomic E-state index is -0.535. The molecule has 2 aromatic rings. The number of aryl methyl sites for hydroxylation is 1. The van der Waals surface area contributed by atoms with E-state index >= 15 is 0 Å². The Bertz CT molecular complexity index is 899. The first-order valence-electron chi connectivity index (χ1n) is 9.49. The molecule has 0 radical (unpaired) electrons. The summed E-state index contributed by atoms with van der Waals surface area (Å²) in [4.78, 5) is 27.4. The van der Waals surface area contributed by atoms with Gasteiger partial charge in [-0.15, -0.1) is 0 Å². The molecular formula is C21H24N2O4. The van der Waals surface area contributed by atoms with Crippen molar-refractivity contribution in [3.8, 4) is 5.75 Å². The summed E-state index contributed by atoms with van der Waals surface area (Å²) < 4.78 is 11.3. The largest absolute Gasteiger partial charge is 0.491 e. The Morgan fingerprint density at radius 3 is 2.78 bits per heavy atom. The molecule has 2 aliphatic rings. The van der Waals surface area contributed by atoms with Crippen LogP contribution in [0.15, 0.2) is 39.5 Å². The summed E-state index contributed by atoms with van der Waals surface area (Å²) >= 11 is 0. The van der Waals surface area contributed by atoms with E-state index in [4.69, 9.17) is 9.15 Å². The topological polar surface area (TPSA) is 71.8 Å². The van der Waals surface area contributed by atoms with Gasteiger partial charge in [0.05, 0.1) is 6.54 Å². The number of para-hydroxylation sites is 1. The molecule has 1 aromatic carbocycles. The molecule has 0 atom stereocenters. The zero-order valence-corrected chi connectivity index (χ0v) is 15.5. The van der Waals surface area contributed by atoms with Crippen molar-refractivity contribution in [1.29, 1.82) is 0 Å². The van der Waals surface area contributed by atoms with E-state index in [1.165, 1.54) is 0 Å². The second kappa shape index (κ2) is 7.56. The number of amides is 1. The minimum Gasteiger partial charge on any atom is -0.491 e.